The lowest BCUT2D eigenvalue weighted by Gasteiger charge is -2.20. The molecule has 1 aromatic carbocycles. The Bertz CT molecular complexity index is 602. The number of nitrogens with one attached hydrogen (secondary N) is 2. The quantitative estimate of drug-likeness (QED) is 0.720. The second-order valence-electron chi connectivity index (χ2n) is 4.55. The maximum atomic E-state index is 11.3. The predicted molar refractivity (Wildman–Crippen MR) is 84.4 cm³/mol. The molecule has 1 atom stereocenters. The molecule has 114 valence electrons. The van der Waals surface area contributed by atoms with Crippen molar-refractivity contribution in [3.05, 3.63) is 27.2 Å². The van der Waals surface area contributed by atoms with Crippen LogP contribution in [0.1, 0.15) is 5.56 Å². The molecule has 1 aliphatic rings. The highest BCUT2D eigenvalue weighted by Crippen LogP contribution is 2.44. The van der Waals surface area contributed by atoms with Crippen molar-refractivity contribution in [2.75, 3.05) is 32.6 Å². The Morgan fingerprint density at radius 3 is 2.76 bits per heavy atom. The molecule has 7 heteroatoms. The molecular weight excluding hydrogens is 315 g/mol. The molecular formula is C14H16Cl2N2O3. The van der Waals surface area contributed by atoms with Gasteiger partial charge in [0.15, 0.2) is 0 Å². The topological polar surface area (TPSA) is 70.6 Å². The van der Waals surface area contributed by atoms with Crippen LogP contribution >= 0.6 is 23.2 Å². The highest BCUT2D eigenvalue weighted by molar-refractivity contribution is 6.45. The summed E-state index contributed by atoms with van der Waals surface area (Å²) in [5, 5.41) is 16.2. The molecule has 21 heavy (non-hydrogen) atoms. The third-order valence-corrected chi connectivity index (χ3v) is 4.34. The first-order valence-electron chi connectivity index (χ1n) is 6.35. The maximum absolute atomic E-state index is 11.3. The summed E-state index contributed by atoms with van der Waals surface area (Å²) in [5.74, 6) is 0.414. The minimum atomic E-state index is -0.334. The van der Waals surface area contributed by atoms with Crippen LogP contribution in [0.5, 0.6) is 5.75 Å². The summed E-state index contributed by atoms with van der Waals surface area (Å²) in [6.45, 7) is 0.272. The molecule has 0 fully saturated rings. The zero-order chi connectivity index (χ0) is 15.6. The van der Waals surface area contributed by atoms with Gasteiger partial charge < -0.3 is 20.5 Å². The summed E-state index contributed by atoms with van der Waals surface area (Å²) in [6.07, 6.45) is 0.784. The Kier molecular flexibility index (Phi) is 5.11. The van der Waals surface area contributed by atoms with Crippen molar-refractivity contribution in [3.63, 3.8) is 0 Å². The Morgan fingerprint density at radius 2 is 2.24 bits per heavy atom. The van der Waals surface area contributed by atoms with Crippen LogP contribution in [0.3, 0.4) is 0 Å². The van der Waals surface area contributed by atoms with Crippen LogP contribution in [0.4, 0.5) is 5.69 Å². The molecule has 3 N–H and O–H groups in total. The van der Waals surface area contributed by atoms with Crippen molar-refractivity contribution >= 4 is 40.7 Å². The first kappa shape index (κ1) is 16.1. The van der Waals surface area contributed by atoms with Gasteiger partial charge in [0.1, 0.15) is 17.1 Å². The molecule has 0 bridgehead atoms. The first-order valence-corrected chi connectivity index (χ1v) is 7.11. The van der Waals surface area contributed by atoms with Crippen LogP contribution in [0.2, 0.25) is 10.0 Å². The van der Waals surface area contributed by atoms with Gasteiger partial charge in [-0.3, -0.25) is 4.79 Å². The van der Waals surface area contributed by atoms with Crippen LogP contribution in [0.15, 0.2) is 11.6 Å². The van der Waals surface area contributed by atoms with E-state index in [9.17, 15) is 9.90 Å². The van der Waals surface area contributed by atoms with Crippen LogP contribution in [-0.2, 0) is 4.79 Å². The van der Waals surface area contributed by atoms with Gasteiger partial charge in [0.25, 0.3) is 0 Å². The fourth-order valence-corrected chi connectivity index (χ4v) is 3.00. The van der Waals surface area contributed by atoms with Gasteiger partial charge in [0, 0.05) is 24.7 Å². The van der Waals surface area contributed by atoms with Gasteiger partial charge in [-0.15, -0.1) is 0 Å². The predicted octanol–water partition coefficient (Wildman–Crippen LogP) is 1.96. The van der Waals surface area contributed by atoms with E-state index in [1.54, 1.807) is 13.1 Å². The fraction of sp³-hybridized carbons (Fsp3) is 0.357. The molecule has 0 saturated carbocycles. The summed E-state index contributed by atoms with van der Waals surface area (Å²) >= 11 is 12.4. The molecule has 0 aliphatic carbocycles. The third-order valence-electron chi connectivity index (χ3n) is 3.49. The van der Waals surface area contributed by atoms with Crippen molar-refractivity contribution < 1.29 is 14.6 Å². The van der Waals surface area contributed by atoms with Crippen molar-refractivity contribution in [2.24, 2.45) is 0 Å². The number of aldehydes is 1. The zero-order valence-corrected chi connectivity index (χ0v) is 13.2. The molecule has 5 nitrogen and oxygen atoms in total. The van der Waals surface area contributed by atoms with Gasteiger partial charge in [-0.2, -0.15) is 0 Å². The van der Waals surface area contributed by atoms with E-state index in [-0.39, 0.29) is 12.6 Å². The van der Waals surface area contributed by atoms with Gasteiger partial charge >= 0.3 is 0 Å². The summed E-state index contributed by atoms with van der Waals surface area (Å²) in [6, 6.07) is 1.38. The standard InChI is InChI=1S/C14H16Cl2N2O3/c1-17-14-8(3-10(21-2)12(15)13(14)16)11-7(5-19)4-18-9(11)6-20/h3,5,9,17-18,20H,4,6H2,1-2H3. The molecule has 1 aliphatic heterocycles. The Balaban J connectivity index is 2.72. The monoisotopic (exact) mass is 330 g/mol. The number of hydrogen-bond acceptors (Lipinski definition) is 5. The number of ether oxygens (including phenoxy) is 1. The number of carbonyl (C=O) groups is 1. The van der Waals surface area contributed by atoms with E-state index in [1.165, 1.54) is 7.11 Å². The highest BCUT2D eigenvalue weighted by Gasteiger charge is 2.29. The average Bonchev–Trinajstić information content (AvgIpc) is 2.92. The molecule has 0 amide bonds. The number of anilines is 1. The molecule has 0 saturated heterocycles. The lowest BCUT2D eigenvalue weighted by molar-refractivity contribution is -0.104. The van der Waals surface area contributed by atoms with Gasteiger partial charge in [-0.05, 0) is 11.6 Å². The second-order valence-corrected chi connectivity index (χ2v) is 5.31. The minimum absolute atomic E-state index is 0.127. The van der Waals surface area contributed by atoms with Gasteiger partial charge in [0.2, 0.25) is 0 Å². The molecule has 2 rings (SSSR count). The minimum Gasteiger partial charge on any atom is -0.495 e. The number of aliphatic hydroxyl groups excluding tert-OH is 1. The van der Waals surface area contributed by atoms with E-state index in [0.717, 1.165) is 6.29 Å². The highest BCUT2D eigenvalue weighted by atomic mass is 35.5. The molecule has 1 unspecified atom stereocenters. The smallest absolute Gasteiger partial charge is 0.147 e. The zero-order valence-electron chi connectivity index (χ0n) is 11.7. The molecule has 1 heterocycles. The van der Waals surface area contributed by atoms with E-state index in [2.05, 4.69) is 10.6 Å². The Labute approximate surface area is 132 Å². The number of aliphatic hydroxyl groups is 1. The van der Waals surface area contributed by atoms with Crippen LogP contribution < -0.4 is 15.4 Å². The first-order chi connectivity index (χ1) is 10.1. The summed E-state index contributed by atoms with van der Waals surface area (Å²) in [4.78, 5) is 11.3. The molecule has 1 aromatic rings. The van der Waals surface area contributed by atoms with Crippen LogP contribution in [0.25, 0.3) is 5.57 Å². The normalized spacial score (nSPS) is 18.0. The van der Waals surface area contributed by atoms with Crippen molar-refractivity contribution in [1.82, 2.24) is 5.32 Å². The van der Waals surface area contributed by atoms with Gasteiger partial charge in [0.05, 0.1) is 30.5 Å². The lowest BCUT2D eigenvalue weighted by Crippen LogP contribution is -2.28. The van der Waals surface area contributed by atoms with E-state index in [1.807, 2.05) is 0 Å². The molecule has 0 radical (unpaired) electrons. The number of halogens is 2. The SMILES string of the molecule is CNc1c(C2=C(C=O)CNC2CO)cc(OC)c(Cl)c1Cl. The lowest BCUT2D eigenvalue weighted by atomic mass is 9.95. The molecule has 0 aromatic heterocycles. The average molecular weight is 331 g/mol. The van der Waals surface area contributed by atoms with E-state index < -0.39 is 0 Å². The van der Waals surface area contributed by atoms with Crippen LogP contribution in [-0.4, -0.2) is 44.7 Å². The van der Waals surface area contributed by atoms with E-state index in [4.69, 9.17) is 27.9 Å². The molecule has 0 spiro atoms. The Hall–Kier alpha value is -1.27. The largest absolute Gasteiger partial charge is 0.495 e. The van der Waals surface area contributed by atoms with Gasteiger partial charge in [-0.25, -0.2) is 0 Å². The van der Waals surface area contributed by atoms with Crippen LogP contribution in [0, 0.1) is 0 Å². The number of methoxy groups -OCH3 is 1. The third kappa shape index (κ3) is 2.74. The fourth-order valence-electron chi connectivity index (χ4n) is 2.48. The Morgan fingerprint density at radius 1 is 1.52 bits per heavy atom. The van der Waals surface area contributed by atoms with Gasteiger partial charge in [-0.1, -0.05) is 23.2 Å². The maximum Gasteiger partial charge on any atom is 0.147 e. The van der Waals surface area contributed by atoms with Crippen molar-refractivity contribution in [2.45, 2.75) is 6.04 Å². The number of benzene rings is 1. The van der Waals surface area contributed by atoms with Crippen molar-refractivity contribution in [1.29, 1.82) is 0 Å². The second kappa shape index (κ2) is 6.66. The van der Waals surface area contributed by atoms with E-state index >= 15 is 0 Å². The number of carbonyl (C=O) groups excluding carboxylic acids is 1. The summed E-state index contributed by atoms with van der Waals surface area (Å²) < 4.78 is 5.23. The van der Waals surface area contributed by atoms with Crippen molar-refractivity contribution in [3.8, 4) is 5.75 Å². The number of hydrogen-bond donors (Lipinski definition) is 3. The number of rotatable bonds is 5. The summed E-state index contributed by atoms with van der Waals surface area (Å²) in [7, 11) is 3.21. The summed E-state index contributed by atoms with van der Waals surface area (Å²) in [5.41, 5.74) is 2.56. The van der Waals surface area contributed by atoms with E-state index in [0.29, 0.717) is 44.7 Å².